The molecule has 0 radical (unpaired) electrons. The van der Waals surface area contributed by atoms with E-state index in [-0.39, 0.29) is 29.6 Å². The zero-order chi connectivity index (χ0) is 53.2. The number of rotatable bonds is 50. The minimum absolute atomic E-state index is 0. The Morgan fingerprint density at radius 1 is 0.183 bits per heavy atom. The summed E-state index contributed by atoms with van der Waals surface area (Å²) in [4.78, 5) is 51.0. The third kappa shape index (κ3) is 106. The Kier molecular flexibility index (Phi) is 87.8. The predicted octanol–water partition coefficient (Wildman–Crippen LogP) is 19.3. The Morgan fingerprint density at radius 3 is 0.352 bits per heavy atom. The molecule has 71 heavy (non-hydrogen) atoms. The number of hydrogen-bond acceptors (Lipinski definition) is 5. The second-order valence-electron chi connectivity index (χ2n) is 19.9. The maximum atomic E-state index is 10.2. The number of carbonyl (C=O) groups is 5. The third-order valence-electron chi connectivity index (χ3n) is 12.5. The fourth-order valence-electron chi connectivity index (χ4n) is 7.93. The molecule has 0 unspecified atom stereocenters. The zero-order valence-corrected chi connectivity index (χ0v) is 47.1. The molecular weight excluding hydrogens is 904 g/mol. The van der Waals surface area contributed by atoms with Crippen molar-refractivity contribution < 1.29 is 49.5 Å². The van der Waals surface area contributed by atoms with Crippen LogP contribution in [0.5, 0.6) is 0 Å². The van der Waals surface area contributed by atoms with Crippen LogP contribution in [-0.2, 0) is 24.0 Å². The molecule has 0 atom stereocenters. The molecule has 0 aromatic heterocycles. The summed E-state index contributed by atoms with van der Waals surface area (Å²) < 4.78 is 0. The fourth-order valence-corrected chi connectivity index (χ4v) is 7.93. The Hall–Kier alpha value is -1.65. The molecular formula is C60H121NaO10. The van der Waals surface area contributed by atoms with Crippen LogP contribution in [0.4, 0.5) is 0 Å². The topological polar surface area (TPSA) is 186 Å². The van der Waals surface area contributed by atoms with E-state index in [0.717, 1.165) is 64.2 Å². The van der Waals surface area contributed by atoms with E-state index in [1.165, 1.54) is 225 Å². The molecule has 0 amide bonds. The van der Waals surface area contributed by atoms with Crippen LogP contribution >= 0.6 is 0 Å². The second-order valence-corrected chi connectivity index (χ2v) is 19.9. The molecule has 0 aliphatic rings. The van der Waals surface area contributed by atoms with Crippen molar-refractivity contribution in [3.05, 3.63) is 0 Å². The summed E-state index contributed by atoms with van der Waals surface area (Å²) >= 11 is 0. The minimum atomic E-state index is -0.659. The van der Waals surface area contributed by atoms with Crippen molar-refractivity contribution in [2.75, 3.05) is 0 Å². The summed E-state index contributed by atoms with van der Waals surface area (Å²) in [7, 11) is 0. The van der Waals surface area contributed by atoms with Crippen LogP contribution < -0.4 is 0 Å². The van der Waals surface area contributed by atoms with Crippen LogP contribution in [0.15, 0.2) is 0 Å². The Labute approximate surface area is 461 Å². The van der Waals surface area contributed by atoms with Gasteiger partial charge in [-0.1, -0.05) is 291 Å². The standard InChI is InChI=1S/5C12H24O2.Na.H/c5*1-2-3-4-5-6-7-8-9-10-11-12(13)14;;/h5*2-11H2,1H3,(H,13,14);;. The van der Waals surface area contributed by atoms with Crippen molar-refractivity contribution in [2.24, 2.45) is 0 Å². The Balaban J connectivity index is -0.000000185. The normalized spacial score (nSPS) is 10.2. The summed E-state index contributed by atoms with van der Waals surface area (Å²) in [5.41, 5.74) is 0. The number of carboxylic acids is 5. The van der Waals surface area contributed by atoms with Crippen LogP contribution in [0.1, 0.15) is 356 Å². The summed E-state index contributed by atoms with van der Waals surface area (Å²) in [5, 5.41) is 42.1. The van der Waals surface area contributed by atoms with Gasteiger partial charge >= 0.3 is 59.4 Å². The molecule has 0 heterocycles. The van der Waals surface area contributed by atoms with Crippen molar-refractivity contribution >= 4 is 59.4 Å². The van der Waals surface area contributed by atoms with Crippen LogP contribution in [0.3, 0.4) is 0 Å². The number of unbranched alkanes of at least 4 members (excludes halogenated alkanes) is 40. The van der Waals surface area contributed by atoms with Gasteiger partial charge in [-0.2, -0.15) is 0 Å². The van der Waals surface area contributed by atoms with Gasteiger partial charge in [-0.3, -0.25) is 24.0 Å². The van der Waals surface area contributed by atoms with E-state index in [1.54, 1.807) is 0 Å². The summed E-state index contributed by atoms with van der Waals surface area (Å²) in [5.74, 6) is -3.30. The van der Waals surface area contributed by atoms with E-state index in [9.17, 15) is 24.0 Å². The number of aliphatic carboxylic acids is 5. The quantitative estimate of drug-likeness (QED) is 0.0290. The van der Waals surface area contributed by atoms with Gasteiger partial charge in [0.15, 0.2) is 0 Å². The van der Waals surface area contributed by atoms with Gasteiger partial charge in [-0.25, -0.2) is 0 Å². The molecule has 0 aliphatic carbocycles. The molecule has 422 valence electrons. The van der Waals surface area contributed by atoms with E-state index in [4.69, 9.17) is 25.5 Å². The molecule has 0 bridgehead atoms. The first-order valence-corrected chi connectivity index (χ1v) is 29.9. The first-order chi connectivity index (χ1) is 33.9. The van der Waals surface area contributed by atoms with Gasteiger partial charge in [0.1, 0.15) is 0 Å². The summed E-state index contributed by atoms with van der Waals surface area (Å²) in [6.45, 7) is 11.1. The van der Waals surface area contributed by atoms with Crippen LogP contribution in [-0.4, -0.2) is 84.9 Å². The molecule has 0 aromatic carbocycles. The Bertz CT molecular complexity index is 855. The van der Waals surface area contributed by atoms with Crippen molar-refractivity contribution in [2.45, 2.75) is 356 Å². The second kappa shape index (κ2) is 77.3. The van der Waals surface area contributed by atoms with Gasteiger partial charge in [0.25, 0.3) is 0 Å². The molecule has 0 saturated heterocycles. The maximum absolute atomic E-state index is 10.2. The summed E-state index contributed by atoms with van der Waals surface area (Å²) in [6.07, 6.45) is 57.4. The average Bonchev–Trinajstić information content (AvgIpc) is 3.32. The molecule has 0 aliphatic heterocycles. The van der Waals surface area contributed by atoms with Gasteiger partial charge in [0, 0.05) is 32.1 Å². The van der Waals surface area contributed by atoms with Gasteiger partial charge in [0.05, 0.1) is 0 Å². The van der Waals surface area contributed by atoms with Gasteiger partial charge < -0.3 is 25.5 Å². The van der Waals surface area contributed by atoms with Gasteiger partial charge in [-0.05, 0) is 32.1 Å². The van der Waals surface area contributed by atoms with Crippen LogP contribution in [0, 0.1) is 0 Å². The zero-order valence-electron chi connectivity index (χ0n) is 47.1. The van der Waals surface area contributed by atoms with Crippen LogP contribution in [0.25, 0.3) is 0 Å². The van der Waals surface area contributed by atoms with E-state index in [0.29, 0.717) is 32.1 Å². The molecule has 0 aromatic rings. The van der Waals surface area contributed by atoms with E-state index in [2.05, 4.69) is 34.6 Å². The third-order valence-corrected chi connectivity index (χ3v) is 12.5. The van der Waals surface area contributed by atoms with E-state index >= 15 is 0 Å². The molecule has 10 nitrogen and oxygen atoms in total. The predicted molar refractivity (Wildman–Crippen MR) is 305 cm³/mol. The number of carboxylic acid groups (broad SMARTS) is 5. The molecule has 0 fully saturated rings. The molecule has 11 heteroatoms. The first kappa shape index (κ1) is 80.7. The van der Waals surface area contributed by atoms with E-state index in [1.807, 2.05) is 0 Å². The van der Waals surface area contributed by atoms with Crippen molar-refractivity contribution in [3.8, 4) is 0 Å². The number of hydrogen-bond donors (Lipinski definition) is 5. The van der Waals surface area contributed by atoms with Crippen molar-refractivity contribution in [1.29, 1.82) is 0 Å². The molecule has 5 N–H and O–H groups in total. The summed E-state index contributed by atoms with van der Waals surface area (Å²) in [6, 6.07) is 0. The van der Waals surface area contributed by atoms with Crippen molar-refractivity contribution in [1.82, 2.24) is 0 Å². The molecule has 0 saturated carbocycles. The monoisotopic (exact) mass is 1020 g/mol. The van der Waals surface area contributed by atoms with Gasteiger partial charge in [-0.15, -0.1) is 0 Å². The SMILES string of the molecule is CCCCCCCCCCCC(=O)O.CCCCCCCCCCCC(=O)O.CCCCCCCCCCCC(=O)O.CCCCCCCCCCCC(=O)O.CCCCCCCCCCCC(=O)O.[NaH]. The fraction of sp³-hybridized carbons (Fsp3) is 0.917. The molecule has 0 spiro atoms. The van der Waals surface area contributed by atoms with Crippen molar-refractivity contribution in [3.63, 3.8) is 0 Å². The average molecular weight is 1030 g/mol. The first-order valence-electron chi connectivity index (χ1n) is 29.9. The van der Waals surface area contributed by atoms with Crippen LogP contribution in [0.2, 0.25) is 0 Å². The Morgan fingerprint density at radius 2 is 0.268 bits per heavy atom. The van der Waals surface area contributed by atoms with E-state index < -0.39 is 29.8 Å². The molecule has 0 rings (SSSR count). The van der Waals surface area contributed by atoms with Gasteiger partial charge in [0.2, 0.25) is 0 Å².